The van der Waals surface area contributed by atoms with Crippen LogP contribution in [0.2, 0.25) is 0 Å². The van der Waals surface area contributed by atoms with Gasteiger partial charge in [-0.15, -0.1) is 0 Å². The summed E-state index contributed by atoms with van der Waals surface area (Å²) in [4.78, 5) is 17.2. The molecule has 0 saturated carbocycles. The smallest absolute Gasteiger partial charge is 0.253 e. The molecule has 4 nitrogen and oxygen atoms in total. The van der Waals surface area contributed by atoms with Gasteiger partial charge in [-0.25, -0.2) is 0 Å². The maximum atomic E-state index is 12.7. The highest BCUT2D eigenvalue weighted by atomic mass is 16.3. The summed E-state index contributed by atoms with van der Waals surface area (Å²) < 4.78 is 0. The van der Waals surface area contributed by atoms with E-state index in [0.29, 0.717) is 11.6 Å². The van der Waals surface area contributed by atoms with E-state index in [1.165, 1.54) is 17.5 Å². The summed E-state index contributed by atoms with van der Waals surface area (Å²) in [5.41, 5.74) is 4.40. The first-order valence-electron chi connectivity index (χ1n) is 9.51. The molecule has 1 heterocycles. The second-order valence-electron chi connectivity index (χ2n) is 7.49. The Morgan fingerprint density at radius 1 is 1.04 bits per heavy atom. The standard InChI is InChI=1S/C22H26N2O2/c1-16-14-19(7-9-21(16)25)22(26)24-12-10-23(11-13-24)20-8-6-17-4-2-3-5-18(17)15-20/h2-5,7,9,14,20,25H,6,8,10-13,15H2,1H3/t20-/m1/s1. The second-order valence-corrected chi connectivity index (χ2v) is 7.49. The van der Waals surface area contributed by atoms with Gasteiger partial charge in [0.05, 0.1) is 0 Å². The summed E-state index contributed by atoms with van der Waals surface area (Å²) in [6.45, 7) is 5.25. The molecule has 2 aliphatic rings. The van der Waals surface area contributed by atoms with E-state index in [9.17, 15) is 9.90 Å². The number of phenolic OH excluding ortho intramolecular Hbond substituents is 1. The lowest BCUT2D eigenvalue weighted by atomic mass is 9.87. The van der Waals surface area contributed by atoms with Crippen molar-refractivity contribution in [1.82, 2.24) is 9.80 Å². The number of fused-ring (bicyclic) bond motifs is 1. The third kappa shape index (κ3) is 3.34. The number of hydrogen-bond donors (Lipinski definition) is 1. The Balaban J connectivity index is 1.37. The van der Waals surface area contributed by atoms with Gasteiger partial charge in [0, 0.05) is 37.8 Å². The van der Waals surface area contributed by atoms with Crippen LogP contribution in [0.15, 0.2) is 42.5 Å². The normalized spacial score (nSPS) is 20.7. The molecule has 0 radical (unpaired) electrons. The van der Waals surface area contributed by atoms with Crippen LogP contribution in [-0.2, 0) is 12.8 Å². The van der Waals surface area contributed by atoms with E-state index < -0.39 is 0 Å². The zero-order chi connectivity index (χ0) is 18.1. The van der Waals surface area contributed by atoms with Crippen LogP contribution >= 0.6 is 0 Å². The minimum absolute atomic E-state index is 0.0711. The Morgan fingerprint density at radius 2 is 1.77 bits per heavy atom. The van der Waals surface area contributed by atoms with Gasteiger partial charge in [-0.05, 0) is 61.1 Å². The highest BCUT2D eigenvalue weighted by molar-refractivity contribution is 5.94. The molecule has 4 rings (SSSR count). The quantitative estimate of drug-likeness (QED) is 0.905. The van der Waals surface area contributed by atoms with Gasteiger partial charge in [0.1, 0.15) is 5.75 Å². The molecule has 0 spiro atoms. The van der Waals surface area contributed by atoms with Crippen LogP contribution < -0.4 is 0 Å². The number of aromatic hydroxyl groups is 1. The van der Waals surface area contributed by atoms with Crippen molar-refractivity contribution >= 4 is 5.91 Å². The van der Waals surface area contributed by atoms with E-state index in [4.69, 9.17) is 0 Å². The first-order valence-corrected chi connectivity index (χ1v) is 9.51. The molecule has 2 aromatic carbocycles. The van der Waals surface area contributed by atoms with Gasteiger partial charge in [0.2, 0.25) is 0 Å². The Bertz CT molecular complexity index is 810. The third-order valence-electron chi connectivity index (χ3n) is 5.88. The molecule has 1 amide bonds. The molecule has 1 N–H and O–H groups in total. The Hall–Kier alpha value is -2.33. The molecule has 1 atom stereocenters. The van der Waals surface area contributed by atoms with E-state index in [0.717, 1.165) is 44.6 Å². The van der Waals surface area contributed by atoms with Crippen LogP contribution in [0, 0.1) is 6.92 Å². The van der Waals surface area contributed by atoms with Gasteiger partial charge in [-0.3, -0.25) is 9.69 Å². The Kier molecular flexibility index (Phi) is 4.68. The summed E-state index contributed by atoms with van der Waals surface area (Å²) >= 11 is 0. The molecular weight excluding hydrogens is 324 g/mol. The fraction of sp³-hybridized carbons (Fsp3) is 0.409. The van der Waals surface area contributed by atoms with Crippen molar-refractivity contribution in [3.8, 4) is 5.75 Å². The van der Waals surface area contributed by atoms with Gasteiger partial charge in [-0.2, -0.15) is 0 Å². The van der Waals surface area contributed by atoms with Crippen molar-refractivity contribution in [3.63, 3.8) is 0 Å². The SMILES string of the molecule is Cc1cc(C(=O)N2CCN([C@@H]3CCc4ccccc4C3)CC2)ccc1O. The topological polar surface area (TPSA) is 43.8 Å². The number of hydrogen-bond acceptors (Lipinski definition) is 3. The lowest BCUT2D eigenvalue weighted by Gasteiger charge is -2.41. The minimum Gasteiger partial charge on any atom is -0.508 e. The molecule has 1 fully saturated rings. The van der Waals surface area contributed by atoms with Gasteiger partial charge in [-0.1, -0.05) is 24.3 Å². The number of carbonyl (C=O) groups excluding carboxylic acids is 1. The number of carbonyl (C=O) groups is 1. The highest BCUT2D eigenvalue weighted by Gasteiger charge is 2.29. The summed E-state index contributed by atoms with van der Waals surface area (Å²) in [6, 6.07) is 14.5. The predicted molar refractivity (Wildman–Crippen MR) is 103 cm³/mol. The zero-order valence-corrected chi connectivity index (χ0v) is 15.3. The molecule has 0 aromatic heterocycles. The number of nitrogens with zero attached hydrogens (tertiary/aromatic N) is 2. The largest absolute Gasteiger partial charge is 0.508 e. The van der Waals surface area contributed by atoms with E-state index in [-0.39, 0.29) is 11.7 Å². The molecule has 4 heteroatoms. The maximum absolute atomic E-state index is 12.7. The van der Waals surface area contributed by atoms with Crippen molar-refractivity contribution < 1.29 is 9.90 Å². The average Bonchev–Trinajstić information content (AvgIpc) is 2.69. The highest BCUT2D eigenvalue weighted by Crippen LogP contribution is 2.25. The zero-order valence-electron chi connectivity index (χ0n) is 15.3. The van der Waals surface area contributed by atoms with Gasteiger partial charge < -0.3 is 10.0 Å². The Labute approximate surface area is 155 Å². The molecule has 0 bridgehead atoms. The summed E-state index contributed by atoms with van der Waals surface area (Å²) in [5.74, 6) is 0.311. The summed E-state index contributed by atoms with van der Waals surface area (Å²) in [6.07, 6.45) is 3.50. The van der Waals surface area contributed by atoms with Crippen molar-refractivity contribution in [1.29, 1.82) is 0 Å². The third-order valence-corrected chi connectivity index (χ3v) is 5.88. The van der Waals surface area contributed by atoms with Crippen LogP contribution in [0.3, 0.4) is 0 Å². The number of amides is 1. The lowest BCUT2D eigenvalue weighted by Crippen LogP contribution is -2.53. The Morgan fingerprint density at radius 3 is 2.50 bits per heavy atom. The molecular formula is C22H26N2O2. The van der Waals surface area contributed by atoms with Crippen LogP contribution in [0.4, 0.5) is 0 Å². The van der Waals surface area contributed by atoms with Crippen molar-refractivity contribution in [2.45, 2.75) is 32.2 Å². The molecule has 136 valence electrons. The average molecular weight is 350 g/mol. The number of aryl methyl sites for hydroxylation is 2. The number of benzene rings is 2. The number of phenols is 1. The fourth-order valence-electron chi connectivity index (χ4n) is 4.25. The summed E-state index contributed by atoms with van der Waals surface area (Å²) in [5, 5.41) is 9.65. The van der Waals surface area contributed by atoms with E-state index >= 15 is 0 Å². The monoisotopic (exact) mass is 350 g/mol. The minimum atomic E-state index is 0.0711. The van der Waals surface area contributed by atoms with Gasteiger partial charge >= 0.3 is 0 Å². The van der Waals surface area contributed by atoms with Gasteiger partial charge in [0.25, 0.3) is 5.91 Å². The first kappa shape index (κ1) is 17.1. The second kappa shape index (κ2) is 7.12. The van der Waals surface area contributed by atoms with Crippen LogP contribution in [0.25, 0.3) is 0 Å². The molecule has 26 heavy (non-hydrogen) atoms. The van der Waals surface area contributed by atoms with Crippen molar-refractivity contribution in [3.05, 3.63) is 64.7 Å². The summed E-state index contributed by atoms with van der Waals surface area (Å²) in [7, 11) is 0. The molecule has 0 unspecified atom stereocenters. The number of piperazine rings is 1. The van der Waals surface area contributed by atoms with E-state index in [1.54, 1.807) is 18.2 Å². The van der Waals surface area contributed by atoms with E-state index in [2.05, 4.69) is 29.2 Å². The van der Waals surface area contributed by atoms with Crippen LogP contribution in [0.5, 0.6) is 5.75 Å². The van der Waals surface area contributed by atoms with Crippen LogP contribution in [-0.4, -0.2) is 53.0 Å². The number of rotatable bonds is 2. The fourth-order valence-corrected chi connectivity index (χ4v) is 4.25. The molecule has 2 aromatic rings. The molecule has 1 aliphatic carbocycles. The van der Waals surface area contributed by atoms with Crippen molar-refractivity contribution in [2.75, 3.05) is 26.2 Å². The first-order chi connectivity index (χ1) is 12.6. The maximum Gasteiger partial charge on any atom is 0.253 e. The van der Waals surface area contributed by atoms with Crippen molar-refractivity contribution in [2.24, 2.45) is 0 Å². The predicted octanol–water partition coefficient (Wildman–Crippen LogP) is 3.02. The van der Waals surface area contributed by atoms with Crippen LogP contribution in [0.1, 0.15) is 33.5 Å². The molecule has 1 saturated heterocycles. The van der Waals surface area contributed by atoms with Gasteiger partial charge in [0.15, 0.2) is 0 Å². The van der Waals surface area contributed by atoms with E-state index in [1.807, 2.05) is 11.8 Å². The lowest BCUT2D eigenvalue weighted by molar-refractivity contribution is 0.0553. The molecule has 1 aliphatic heterocycles.